The normalized spacial score (nSPS) is 12.5. The smallest absolute Gasteiger partial charge is 0.338 e. The SMILES string of the molecule is O=C(COC(=O)c1ccc2c(c1)C(=O)N(c1ccc(Cl)c(Cl)c1)C2=O)Nc1ccccc1F. The van der Waals surface area contributed by atoms with Crippen molar-refractivity contribution in [3.8, 4) is 0 Å². The van der Waals surface area contributed by atoms with Crippen molar-refractivity contribution in [1.82, 2.24) is 0 Å². The Morgan fingerprint density at radius 2 is 1.64 bits per heavy atom. The topological polar surface area (TPSA) is 92.8 Å². The largest absolute Gasteiger partial charge is 0.452 e. The molecule has 0 spiro atoms. The standard InChI is InChI=1S/C23H13Cl2FN2O5/c24-16-8-6-13(10-17(16)25)28-21(30)14-7-5-12(9-15(14)22(28)31)23(32)33-11-20(29)27-19-4-2-1-3-18(19)26/h1-10H,11H2,(H,27,29). The second-order valence-electron chi connectivity index (χ2n) is 6.91. The average molecular weight is 487 g/mol. The summed E-state index contributed by atoms with van der Waals surface area (Å²) in [6, 6.07) is 13.7. The minimum Gasteiger partial charge on any atom is -0.452 e. The van der Waals surface area contributed by atoms with Crippen LogP contribution in [0.15, 0.2) is 60.7 Å². The number of hydrogen-bond donors (Lipinski definition) is 1. The first kappa shape index (κ1) is 22.4. The fourth-order valence-electron chi connectivity index (χ4n) is 3.19. The zero-order valence-electron chi connectivity index (χ0n) is 16.6. The first-order chi connectivity index (χ1) is 15.8. The molecule has 3 amide bonds. The van der Waals surface area contributed by atoms with Gasteiger partial charge in [0, 0.05) is 0 Å². The molecule has 1 N–H and O–H groups in total. The number of fused-ring (bicyclic) bond motifs is 1. The molecule has 0 bridgehead atoms. The number of ether oxygens (including phenoxy) is 1. The molecule has 4 rings (SSSR count). The number of nitrogens with zero attached hydrogens (tertiary/aromatic N) is 1. The fourth-order valence-corrected chi connectivity index (χ4v) is 3.48. The van der Waals surface area contributed by atoms with Crippen molar-refractivity contribution >= 4 is 58.3 Å². The molecule has 0 unspecified atom stereocenters. The van der Waals surface area contributed by atoms with E-state index in [4.69, 9.17) is 27.9 Å². The minimum absolute atomic E-state index is 0.00340. The highest BCUT2D eigenvalue weighted by molar-refractivity contribution is 6.42. The zero-order chi connectivity index (χ0) is 23.7. The summed E-state index contributed by atoms with van der Waals surface area (Å²) in [7, 11) is 0. The Balaban J connectivity index is 1.47. The predicted molar refractivity (Wildman–Crippen MR) is 119 cm³/mol. The lowest BCUT2D eigenvalue weighted by Crippen LogP contribution is -2.29. The van der Waals surface area contributed by atoms with Crippen LogP contribution in [0.4, 0.5) is 15.8 Å². The van der Waals surface area contributed by atoms with Crippen LogP contribution in [0, 0.1) is 5.82 Å². The van der Waals surface area contributed by atoms with Crippen LogP contribution in [0.3, 0.4) is 0 Å². The van der Waals surface area contributed by atoms with Gasteiger partial charge >= 0.3 is 5.97 Å². The average Bonchev–Trinajstić information content (AvgIpc) is 3.05. The summed E-state index contributed by atoms with van der Waals surface area (Å²) in [5.41, 5.74) is 0.230. The van der Waals surface area contributed by atoms with Crippen LogP contribution >= 0.6 is 23.2 Å². The number of hydrogen-bond acceptors (Lipinski definition) is 5. The van der Waals surface area contributed by atoms with Gasteiger partial charge in [-0.2, -0.15) is 0 Å². The van der Waals surface area contributed by atoms with Crippen molar-refractivity contribution < 1.29 is 28.3 Å². The zero-order valence-corrected chi connectivity index (χ0v) is 18.1. The lowest BCUT2D eigenvalue weighted by atomic mass is 10.1. The summed E-state index contributed by atoms with van der Waals surface area (Å²) in [5.74, 6) is -3.51. The van der Waals surface area contributed by atoms with Crippen molar-refractivity contribution in [2.24, 2.45) is 0 Å². The number of imide groups is 1. The van der Waals surface area contributed by atoms with Crippen LogP contribution in [-0.2, 0) is 9.53 Å². The maximum atomic E-state index is 13.6. The van der Waals surface area contributed by atoms with Gasteiger partial charge in [0.1, 0.15) is 5.82 Å². The first-order valence-electron chi connectivity index (χ1n) is 9.45. The van der Waals surface area contributed by atoms with Gasteiger partial charge in [0.15, 0.2) is 6.61 Å². The van der Waals surface area contributed by atoms with E-state index in [0.717, 1.165) is 4.90 Å². The highest BCUT2D eigenvalue weighted by Gasteiger charge is 2.37. The van der Waals surface area contributed by atoms with E-state index in [9.17, 15) is 23.6 Å². The third kappa shape index (κ3) is 4.44. The molecule has 1 aliphatic rings. The maximum Gasteiger partial charge on any atom is 0.338 e. The van der Waals surface area contributed by atoms with Crippen molar-refractivity contribution in [3.05, 3.63) is 93.2 Å². The number of para-hydroxylation sites is 1. The van der Waals surface area contributed by atoms with E-state index in [1.807, 2.05) is 0 Å². The molecule has 166 valence electrons. The lowest BCUT2D eigenvalue weighted by Gasteiger charge is -2.14. The first-order valence-corrected chi connectivity index (χ1v) is 10.2. The van der Waals surface area contributed by atoms with Gasteiger partial charge < -0.3 is 10.1 Å². The van der Waals surface area contributed by atoms with Gasteiger partial charge in [-0.05, 0) is 48.5 Å². The molecule has 0 radical (unpaired) electrons. The number of benzene rings is 3. The molecule has 0 atom stereocenters. The van der Waals surface area contributed by atoms with Crippen LogP contribution < -0.4 is 10.2 Å². The molecule has 7 nitrogen and oxygen atoms in total. The van der Waals surface area contributed by atoms with E-state index in [2.05, 4.69) is 5.32 Å². The maximum absolute atomic E-state index is 13.6. The van der Waals surface area contributed by atoms with E-state index in [1.165, 1.54) is 60.7 Å². The Morgan fingerprint density at radius 1 is 0.909 bits per heavy atom. The third-order valence-electron chi connectivity index (χ3n) is 4.77. The highest BCUT2D eigenvalue weighted by atomic mass is 35.5. The van der Waals surface area contributed by atoms with E-state index >= 15 is 0 Å². The molecule has 10 heteroatoms. The number of nitrogens with one attached hydrogen (secondary N) is 1. The van der Waals surface area contributed by atoms with Crippen LogP contribution in [0.5, 0.6) is 0 Å². The van der Waals surface area contributed by atoms with Crippen molar-refractivity contribution in [2.75, 3.05) is 16.8 Å². The van der Waals surface area contributed by atoms with Crippen LogP contribution in [0.25, 0.3) is 0 Å². The molecule has 0 aliphatic carbocycles. The quantitative estimate of drug-likeness (QED) is 0.415. The Kier molecular flexibility index (Phi) is 6.13. The Bertz CT molecular complexity index is 1330. The Morgan fingerprint density at radius 3 is 2.36 bits per heavy atom. The third-order valence-corrected chi connectivity index (χ3v) is 5.50. The summed E-state index contributed by atoms with van der Waals surface area (Å²) >= 11 is 11.9. The Hall–Kier alpha value is -3.75. The number of esters is 1. The van der Waals surface area contributed by atoms with Gasteiger partial charge in [-0.25, -0.2) is 14.1 Å². The Labute approximate surface area is 196 Å². The number of amides is 3. The molecule has 33 heavy (non-hydrogen) atoms. The molecule has 1 heterocycles. The number of carbonyl (C=O) groups is 4. The monoisotopic (exact) mass is 486 g/mol. The molecule has 0 saturated heterocycles. The van der Waals surface area contributed by atoms with E-state index in [0.29, 0.717) is 0 Å². The second-order valence-corrected chi connectivity index (χ2v) is 7.72. The molecule has 3 aromatic carbocycles. The van der Waals surface area contributed by atoms with E-state index in [1.54, 1.807) is 0 Å². The summed E-state index contributed by atoms with van der Waals surface area (Å²) in [5, 5.41) is 2.72. The number of anilines is 2. The summed E-state index contributed by atoms with van der Waals surface area (Å²) < 4.78 is 18.6. The number of halogens is 3. The van der Waals surface area contributed by atoms with Gasteiger partial charge in [0.2, 0.25) is 0 Å². The molecular weight excluding hydrogens is 474 g/mol. The lowest BCUT2D eigenvalue weighted by molar-refractivity contribution is -0.119. The molecule has 0 fully saturated rings. The summed E-state index contributed by atoms with van der Waals surface area (Å²) in [4.78, 5) is 50.8. The van der Waals surface area contributed by atoms with Gasteiger partial charge in [-0.15, -0.1) is 0 Å². The van der Waals surface area contributed by atoms with E-state index < -0.39 is 36.1 Å². The summed E-state index contributed by atoms with van der Waals surface area (Å²) in [6.45, 7) is -0.674. The number of rotatable bonds is 5. The van der Waals surface area contributed by atoms with Crippen molar-refractivity contribution in [2.45, 2.75) is 0 Å². The fraction of sp³-hybridized carbons (Fsp3) is 0.0435. The van der Waals surface area contributed by atoms with Gasteiger partial charge in [-0.1, -0.05) is 35.3 Å². The van der Waals surface area contributed by atoms with E-state index in [-0.39, 0.29) is 38.1 Å². The van der Waals surface area contributed by atoms with Crippen molar-refractivity contribution in [1.29, 1.82) is 0 Å². The van der Waals surface area contributed by atoms with Crippen molar-refractivity contribution in [3.63, 3.8) is 0 Å². The number of carbonyl (C=O) groups excluding carboxylic acids is 4. The molecular formula is C23H13Cl2FN2O5. The molecule has 0 aromatic heterocycles. The minimum atomic E-state index is -0.894. The van der Waals surface area contributed by atoms with Crippen LogP contribution in [0.2, 0.25) is 10.0 Å². The summed E-state index contributed by atoms with van der Waals surface area (Å²) in [6.07, 6.45) is 0. The predicted octanol–water partition coefficient (Wildman–Crippen LogP) is 4.73. The molecule has 3 aromatic rings. The van der Waals surface area contributed by atoms with Gasteiger partial charge in [0.25, 0.3) is 17.7 Å². The molecule has 0 saturated carbocycles. The second kappa shape index (κ2) is 9.01. The van der Waals surface area contributed by atoms with Gasteiger partial charge in [0.05, 0.1) is 38.1 Å². The van der Waals surface area contributed by atoms with Crippen LogP contribution in [-0.4, -0.2) is 30.3 Å². The van der Waals surface area contributed by atoms with Gasteiger partial charge in [-0.3, -0.25) is 14.4 Å². The highest BCUT2D eigenvalue weighted by Crippen LogP contribution is 2.33. The molecule has 1 aliphatic heterocycles. The van der Waals surface area contributed by atoms with Crippen LogP contribution in [0.1, 0.15) is 31.1 Å².